The van der Waals surface area contributed by atoms with E-state index in [1.807, 2.05) is 53.8 Å². The molecule has 0 bridgehead atoms. The maximum Gasteiger partial charge on any atom is 0.410 e. The third-order valence-corrected chi connectivity index (χ3v) is 6.12. The third kappa shape index (κ3) is 8.06. The number of nitrogens with zero attached hydrogens (tertiary/aromatic N) is 4. The van der Waals surface area contributed by atoms with E-state index in [-0.39, 0.29) is 12.2 Å². The maximum atomic E-state index is 12.8. The standard InChI is InChI=1S/C25H36N4O4S/c1-24(2,3)32-22(30)27-11-12-28(23(31)33-25(4,5)6)14-16-29(15-13-27)34-21-8-7-20-18-26-10-9-19(20)17-21/h7-10,17-18H,11-16H2,1-6H3. The molecule has 0 unspecified atom stereocenters. The van der Waals surface area contributed by atoms with Crippen LogP contribution < -0.4 is 0 Å². The summed E-state index contributed by atoms with van der Waals surface area (Å²) < 4.78 is 13.4. The Bertz CT molecular complexity index is 962. The van der Waals surface area contributed by atoms with Gasteiger partial charge in [-0.1, -0.05) is 6.07 Å². The first kappa shape index (κ1) is 26.1. The monoisotopic (exact) mass is 488 g/mol. The first-order valence-corrected chi connectivity index (χ1v) is 12.4. The Morgan fingerprint density at radius 1 is 0.794 bits per heavy atom. The van der Waals surface area contributed by atoms with Crippen molar-refractivity contribution in [2.24, 2.45) is 0 Å². The van der Waals surface area contributed by atoms with Gasteiger partial charge < -0.3 is 19.3 Å². The van der Waals surface area contributed by atoms with Crippen LogP contribution in [0, 0.1) is 0 Å². The number of rotatable bonds is 2. The molecule has 0 saturated carbocycles. The van der Waals surface area contributed by atoms with Crippen molar-refractivity contribution in [1.82, 2.24) is 19.1 Å². The largest absolute Gasteiger partial charge is 0.444 e. The van der Waals surface area contributed by atoms with Crippen LogP contribution in [0.25, 0.3) is 10.8 Å². The normalized spacial score (nSPS) is 16.5. The predicted octanol–water partition coefficient (Wildman–Crippen LogP) is 5.03. The van der Waals surface area contributed by atoms with Crippen LogP contribution in [-0.4, -0.2) is 81.7 Å². The number of ether oxygens (including phenoxy) is 2. The smallest absolute Gasteiger partial charge is 0.410 e. The van der Waals surface area contributed by atoms with E-state index in [4.69, 9.17) is 9.47 Å². The minimum atomic E-state index is -0.589. The number of amides is 2. The summed E-state index contributed by atoms with van der Waals surface area (Å²) in [6, 6.07) is 8.25. The Kier molecular flexibility index (Phi) is 8.30. The molecule has 0 radical (unpaired) electrons. The zero-order chi connectivity index (χ0) is 24.9. The molecule has 1 saturated heterocycles. The summed E-state index contributed by atoms with van der Waals surface area (Å²) in [5.74, 6) is 0. The van der Waals surface area contributed by atoms with Crippen LogP contribution in [0.1, 0.15) is 41.5 Å². The van der Waals surface area contributed by atoms with E-state index in [0.29, 0.717) is 39.3 Å². The molecule has 34 heavy (non-hydrogen) atoms. The van der Waals surface area contributed by atoms with Crippen molar-refractivity contribution in [3.8, 4) is 0 Å². The zero-order valence-electron chi connectivity index (χ0n) is 21.0. The van der Waals surface area contributed by atoms with Gasteiger partial charge in [0.2, 0.25) is 0 Å². The molecule has 2 heterocycles. The quantitative estimate of drug-likeness (QED) is 0.549. The molecule has 0 aliphatic carbocycles. The lowest BCUT2D eigenvalue weighted by molar-refractivity contribution is 0.0154. The summed E-state index contributed by atoms with van der Waals surface area (Å²) in [6.45, 7) is 14.2. The Hall–Kier alpha value is -2.52. The molecular weight excluding hydrogens is 452 g/mol. The van der Waals surface area contributed by atoms with Gasteiger partial charge >= 0.3 is 12.2 Å². The highest BCUT2D eigenvalue weighted by Gasteiger charge is 2.28. The summed E-state index contributed by atoms with van der Waals surface area (Å²) >= 11 is 1.62. The number of carbonyl (C=O) groups excluding carboxylic acids is 2. The Balaban J connectivity index is 1.78. The summed E-state index contributed by atoms with van der Waals surface area (Å²) in [5.41, 5.74) is -1.18. The second-order valence-corrected chi connectivity index (χ2v) is 11.5. The Morgan fingerprint density at radius 2 is 1.32 bits per heavy atom. The molecule has 3 rings (SSSR count). The third-order valence-electron chi connectivity index (χ3n) is 5.03. The van der Waals surface area contributed by atoms with Gasteiger partial charge in [0.15, 0.2) is 0 Å². The topological polar surface area (TPSA) is 75.2 Å². The molecule has 8 nitrogen and oxygen atoms in total. The molecule has 0 atom stereocenters. The SMILES string of the molecule is CC(C)(C)OC(=O)N1CCN(Sc2ccc3cnccc3c2)CCN(C(=O)OC(C)(C)C)CC1. The highest BCUT2D eigenvalue weighted by Crippen LogP contribution is 2.27. The molecule has 1 aromatic heterocycles. The van der Waals surface area contributed by atoms with E-state index in [9.17, 15) is 9.59 Å². The van der Waals surface area contributed by atoms with Gasteiger partial charge in [-0.2, -0.15) is 0 Å². The second-order valence-electron chi connectivity index (χ2n) is 10.3. The molecule has 0 spiro atoms. The van der Waals surface area contributed by atoms with Crippen LogP contribution in [0.15, 0.2) is 41.6 Å². The van der Waals surface area contributed by atoms with Gasteiger partial charge in [0.1, 0.15) is 11.2 Å². The van der Waals surface area contributed by atoms with E-state index in [2.05, 4.69) is 27.5 Å². The summed E-state index contributed by atoms with van der Waals surface area (Å²) in [4.78, 5) is 34.3. The first-order valence-electron chi connectivity index (χ1n) is 11.6. The predicted molar refractivity (Wildman–Crippen MR) is 135 cm³/mol. The van der Waals surface area contributed by atoms with E-state index in [1.165, 1.54) is 0 Å². The van der Waals surface area contributed by atoms with Crippen LogP contribution in [0.5, 0.6) is 0 Å². The van der Waals surface area contributed by atoms with Crippen molar-refractivity contribution in [3.05, 3.63) is 36.7 Å². The van der Waals surface area contributed by atoms with Crippen molar-refractivity contribution in [2.75, 3.05) is 39.3 Å². The highest BCUT2D eigenvalue weighted by molar-refractivity contribution is 7.97. The van der Waals surface area contributed by atoms with E-state index in [0.717, 1.165) is 15.7 Å². The highest BCUT2D eigenvalue weighted by atomic mass is 32.2. The minimum absolute atomic E-state index is 0.373. The van der Waals surface area contributed by atoms with Crippen LogP contribution >= 0.6 is 11.9 Å². The van der Waals surface area contributed by atoms with Crippen LogP contribution in [0.4, 0.5) is 9.59 Å². The van der Waals surface area contributed by atoms with Crippen molar-refractivity contribution < 1.29 is 19.1 Å². The fraction of sp³-hybridized carbons (Fsp3) is 0.560. The number of benzene rings is 1. The van der Waals surface area contributed by atoms with Crippen molar-refractivity contribution >= 4 is 34.9 Å². The van der Waals surface area contributed by atoms with Gasteiger partial charge in [-0.15, -0.1) is 0 Å². The first-order chi connectivity index (χ1) is 15.9. The Morgan fingerprint density at radius 3 is 1.85 bits per heavy atom. The number of fused-ring (bicyclic) bond motifs is 1. The minimum Gasteiger partial charge on any atom is -0.444 e. The lowest BCUT2D eigenvalue weighted by atomic mass is 10.2. The lowest BCUT2D eigenvalue weighted by Crippen LogP contribution is -2.44. The molecule has 2 aromatic rings. The van der Waals surface area contributed by atoms with E-state index in [1.54, 1.807) is 27.9 Å². The Labute approximate surface area is 206 Å². The number of carbonyl (C=O) groups is 2. The van der Waals surface area contributed by atoms with Crippen molar-refractivity contribution in [1.29, 1.82) is 0 Å². The summed E-state index contributed by atoms with van der Waals surface area (Å²) in [7, 11) is 0. The van der Waals surface area contributed by atoms with Crippen molar-refractivity contribution in [2.45, 2.75) is 57.6 Å². The molecule has 1 aliphatic rings. The van der Waals surface area contributed by atoms with Gasteiger partial charge in [-0.05, 0) is 77.1 Å². The van der Waals surface area contributed by atoms with Crippen molar-refractivity contribution in [3.63, 3.8) is 0 Å². The lowest BCUT2D eigenvalue weighted by Gasteiger charge is -2.30. The molecule has 1 aliphatic heterocycles. The molecule has 1 fully saturated rings. The van der Waals surface area contributed by atoms with Gasteiger partial charge in [0, 0.05) is 61.9 Å². The maximum absolute atomic E-state index is 12.8. The fourth-order valence-electron chi connectivity index (χ4n) is 3.42. The molecule has 0 N–H and O–H groups in total. The number of hydrogen-bond acceptors (Lipinski definition) is 7. The number of aromatic nitrogens is 1. The van der Waals surface area contributed by atoms with Gasteiger partial charge in [-0.3, -0.25) is 4.98 Å². The van der Waals surface area contributed by atoms with Gasteiger partial charge in [0.25, 0.3) is 0 Å². The fourth-order valence-corrected chi connectivity index (χ4v) is 4.37. The van der Waals surface area contributed by atoms with Gasteiger partial charge in [0.05, 0.1) is 0 Å². The van der Waals surface area contributed by atoms with E-state index < -0.39 is 11.2 Å². The molecule has 2 amide bonds. The molecular formula is C25H36N4O4S. The zero-order valence-corrected chi connectivity index (χ0v) is 21.9. The average Bonchev–Trinajstić information content (AvgIpc) is 2.82. The second kappa shape index (κ2) is 10.8. The van der Waals surface area contributed by atoms with Crippen LogP contribution in [-0.2, 0) is 9.47 Å². The summed E-state index contributed by atoms with van der Waals surface area (Å²) in [5, 5.41) is 2.21. The average molecular weight is 489 g/mol. The summed E-state index contributed by atoms with van der Waals surface area (Å²) in [6.07, 6.45) is 2.89. The molecule has 9 heteroatoms. The molecule has 186 valence electrons. The number of hydrogen-bond donors (Lipinski definition) is 0. The van der Waals surface area contributed by atoms with E-state index >= 15 is 0 Å². The van der Waals surface area contributed by atoms with Crippen LogP contribution in [0.3, 0.4) is 0 Å². The van der Waals surface area contributed by atoms with Gasteiger partial charge in [-0.25, -0.2) is 13.9 Å². The van der Waals surface area contributed by atoms with Crippen LogP contribution in [0.2, 0.25) is 0 Å². The number of pyridine rings is 1. The molecule has 1 aromatic carbocycles.